The fraction of sp³-hybridized carbons (Fsp3) is 0.650. The molecule has 1 amide bonds. The van der Waals surface area contributed by atoms with Crippen molar-refractivity contribution in [3.63, 3.8) is 0 Å². The van der Waals surface area contributed by atoms with Gasteiger partial charge in [0.25, 0.3) is 0 Å². The Balaban J connectivity index is 1.83. The summed E-state index contributed by atoms with van der Waals surface area (Å²) in [6, 6.07) is 5.75. The zero-order valence-electron chi connectivity index (χ0n) is 16.7. The number of amides is 1. The number of hydrogen-bond donors (Lipinski definition) is 3. The molecule has 152 valence electrons. The van der Waals surface area contributed by atoms with Crippen LogP contribution >= 0.6 is 0 Å². The van der Waals surface area contributed by atoms with Gasteiger partial charge in [0.15, 0.2) is 0 Å². The lowest BCUT2D eigenvalue weighted by Gasteiger charge is -2.33. The van der Waals surface area contributed by atoms with E-state index in [1.807, 2.05) is 45.9 Å². The first kappa shape index (κ1) is 21.3. The van der Waals surface area contributed by atoms with Gasteiger partial charge in [-0.3, -0.25) is 0 Å². The van der Waals surface area contributed by atoms with Crippen LogP contribution in [0.4, 0.5) is 10.5 Å². The lowest BCUT2D eigenvalue weighted by molar-refractivity contribution is 0.0126. The van der Waals surface area contributed by atoms with Crippen LogP contribution in [0.25, 0.3) is 0 Å². The lowest BCUT2D eigenvalue weighted by Crippen LogP contribution is -2.44. The molecule has 0 radical (unpaired) electrons. The van der Waals surface area contributed by atoms with Crippen LogP contribution in [0.3, 0.4) is 0 Å². The van der Waals surface area contributed by atoms with Crippen molar-refractivity contribution < 1.29 is 24.5 Å². The second-order valence-corrected chi connectivity index (χ2v) is 7.98. The van der Waals surface area contributed by atoms with Crippen LogP contribution < -0.4 is 10.1 Å². The van der Waals surface area contributed by atoms with E-state index in [1.54, 1.807) is 4.90 Å². The van der Waals surface area contributed by atoms with Crippen LogP contribution in [0.5, 0.6) is 5.75 Å². The van der Waals surface area contributed by atoms with Gasteiger partial charge in [-0.25, -0.2) is 4.79 Å². The molecule has 0 saturated carbocycles. The van der Waals surface area contributed by atoms with Gasteiger partial charge in [0, 0.05) is 38.2 Å². The Morgan fingerprint density at radius 3 is 2.56 bits per heavy atom. The highest BCUT2D eigenvalue weighted by Crippen LogP contribution is 2.26. The van der Waals surface area contributed by atoms with Crippen molar-refractivity contribution in [2.45, 2.75) is 58.3 Å². The van der Waals surface area contributed by atoms with E-state index in [2.05, 4.69) is 5.32 Å². The molecule has 1 aromatic rings. The summed E-state index contributed by atoms with van der Waals surface area (Å²) in [6.07, 6.45) is 0.550. The van der Waals surface area contributed by atoms with Gasteiger partial charge in [0.05, 0.1) is 12.7 Å². The van der Waals surface area contributed by atoms with Crippen molar-refractivity contribution in [3.8, 4) is 5.75 Å². The predicted molar refractivity (Wildman–Crippen MR) is 104 cm³/mol. The smallest absolute Gasteiger partial charge is 0.410 e. The normalized spacial score (nSPS) is 16.7. The number of nitrogens with zero attached hydrogens (tertiary/aromatic N) is 1. The third kappa shape index (κ3) is 6.92. The molecule has 1 heterocycles. The van der Waals surface area contributed by atoms with Crippen molar-refractivity contribution in [3.05, 3.63) is 23.8 Å². The van der Waals surface area contributed by atoms with Crippen molar-refractivity contribution in [1.82, 2.24) is 4.90 Å². The Morgan fingerprint density at radius 1 is 1.33 bits per heavy atom. The molecule has 7 heteroatoms. The van der Waals surface area contributed by atoms with Gasteiger partial charge in [-0.05, 0) is 51.5 Å². The molecule has 1 fully saturated rings. The van der Waals surface area contributed by atoms with E-state index in [9.17, 15) is 9.90 Å². The summed E-state index contributed by atoms with van der Waals surface area (Å²) in [5.74, 6) is 0.818. The van der Waals surface area contributed by atoms with Crippen LogP contribution in [-0.2, 0) is 4.74 Å². The number of aryl methyl sites for hydroxylation is 1. The molecule has 0 aromatic heterocycles. The first-order valence-electron chi connectivity index (χ1n) is 9.46. The molecule has 0 bridgehead atoms. The molecule has 27 heavy (non-hydrogen) atoms. The minimum absolute atomic E-state index is 0.0670. The Hall–Kier alpha value is -1.99. The molecule has 1 aliphatic rings. The zero-order valence-corrected chi connectivity index (χ0v) is 16.7. The topological polar surface area (TPSA) is 91.3 Å². The quantitative estimate of drug-likeness (QED) is 0.703. The third-order valence-electron chi connectivity index (χ3n) is 4.31. The summed E-state index contributed by atoms with van der Waals surface area (Å²) in [5, 5.41) is 21.3. The summed E-state index contributed by atoms with van der Waals surface area (Å²) < 4.78 is 11.5. The van der Waals surface area contributed by atoms with Gasteiger partial charge < -0.3 is 29.9 Å². The first-order chi connectivity index (χ1) is 12.7. The number of benzene rings is 1. The van der Waals surface area contributed by atoms with Crippen LogP contribution in [0, 0.1) is 6.92 Å². The van der Waals surface area contributed by atoms with Gasteiger partial charge in [-0.15, -0.1) is 0 Å². The van der Waals surface area contributed by atoms with E-state index in [4.69, 9.17) is 14.6 Å². The summed E-state index contributed by atoms with van der Waals surface area (Å²) in [6.45, 7) is 8.84. The predicted octanol–water partition coefficient (Wildman–Crippen LogP) is 2.54. The molecule has 0 aliphatic carbocycles. The number of likely N-dealkylation sites (tertiary alicyclic amines) is 1. The minimum Gasteiger partial charge on any atom is -0.490 e. The molecular weight excluding hydrogens is 348 g/mol. The summed E-state index contributed by atoms with van der Waals surface area (Å²) >= 11 is 0. The largest absolute Gasteiger partial charge is 0.490 e. The van der Waals surface area contributed by atoms with Crippen LogP contribution in [-0.4, -0.2) is 65.3 Å². The van der Waals surface area contributed by atoms with Crippen LogP contribution in [0.15, 0.2) is 18.2 Å². The van der Waals surface area contributed by atoms with Crippen molar-refractivity contribution in [1.29, 1.82) is 0 Å². The molecule has 0 spiro atoms. The maximum absolute atomic E-state index is 12.1. The highest BCUT2D eigenvalue weighted by molar-refractivity contribution is 5.68. The number of carbonyl (C=O) groups is 1. The molecular formula is C20H32N2O5. The van der Waals surface area contributed by atoms with Crippen molar-refractivity contribution >= 4 is 11.8 Å². The molecule has 3 N–H and O–H groups in total. The third-order valence-corrected chi connectivity index (χ3v) is 4.31. The summed E-state index contributed by atoms with van der Waals surface area (Å²) in [4.78, 5) is 13.9. The van der Waals surface area contributed by atoms with E-state index >= 15 is 0 Å². The van der Waals surface area contributed by atoms with Gasteiger partial charge in [0.2, 0.25) is 0 Å². The van der Waals surface area contributed by atoms with Crippen LogP contribution in [0.1, 0.15) is 39.2 Å². The number of nitrogens with one attached hydrogen (secondary N) is 1. The second kappa shape index (κ2) is 9.28. The first-order valence-corrected chi connectivity index (χ1v) is 9.46. The number of aliphatic hydroxyl groups excluding tert-OH is 2. The van der Waals surface area contributed by atoms with Gasteiger partial charge in [-0.2, -0.15) is 0 Å². The Morgan fingerprint density at radius 2 is 2.00 bits per heavy atom. The van der Waals surface area contributed by atoms with E-state index in [1.165, 1.54) is 0 Å². The fourth-order valence-corrected chi connectivity index (χ4v) is 2.85. The molecule has 1 unspecified atom stereocenters. The average molecular weight is 380 g/mol. The monoisotopic (exact) mass is 380 g/mol. The standard InChI is InChI=1S/C20H32N2O5/c1-14-11-15(21-12-16(24)13-23)5-6-18(14)26-17-7-9-22(10-8-17)19(25)27-20(2,3)4/h5-6,11,16-17,21,23-24H,7-10,12-13H2,1-4H3. The zero-order chi connectivity index (χ0) is 20.0. The number of ether oxygens (including phenoxy) is 2. The highest BCUT2D eigenvalue weighted by Gasteiger charge is 2.27. The van der Waals surface area contributed by atoms with E-state index in [-0.39, 0.29) is 18.8 Å². The number of aliphatic hydroxyl groups is 2. The van der Waals surface area contributed by atoms with Crippen LogP contribution in [0.2, 0.25) is 0 Å². The van der Waals surface area contributed by atoms with Gasteiger partial charge >= 0.3 is 6.09 Å². The van der Waals surface area contributed by atoms with Crippen molar-refractivity contribution in [2.24, 2.45) is 0 Å². The number of rotatable bonds is 6. The minimum atomic E-state index is -0.781. The Bertz CT molecular complexity index is 621. The van der Waals surface area contributed by atoms with Gasteiger partial charge in [-0.1, -0.05) is 0 Å². The fourth-order valence-electron chi connectivity index (χ4n) is 2.85. The lowest BCUT2D eigenvalue weighted by atomic mass is 10.1. The number of anilines is 1. The summed E-state index contributed by atoms with van der Waals surface area (Å²) in [5.41, 5.74) is 1.38. The summed E-state index contributed by atoms with van der Waals surface area (Å²) in [7, 11) is 0. The Labute approximate surface area is 161 Å². The molecule has 1 saturated heterocycles. The molecule has 2 rings (SSSR count). The maximum atomic E-state index is 12.1. The van der Waals surface area contributed by atoms with Gasteiger partial charge in [0.1, 0.15) is 17.5 Å². The molecule has 1 aliphatic heterocycles. The SMILES string of the molecule is Cc1cc(NCC(O)CO)ccc1OC1CCN(C(=O)OC(C)(C)C)CC1. The van der Waals surface area contributed by atoms with E-state index < -0.39 is 11.7 Å². The van der Waals surface area contributed by atoms with Crippen molar-refractivity contribution in [2.75, 3.05) is 31.6 Å². The number of piperidine rings is 1. The number of carbonyl (C=O) groups excluding carboxylic acids is 1. The molecule has 7 nitrogen and oxygen atoms in total. The highest BCUT2D eigenvalue weighted by atomic mass is 16.6. The molecule has 1 atom stereocenters. The average Bonchev–Trinajstić information content (AvgIpc) is 2.60. The van der Waals surface area contributed by atoms with E-state index in [0.29, 0.717) is 19.6 Å². The second-order valence-electron chi connectivity index (χ2n) is 7.98. The Kier molecular flexibility index (Phi) is 7.33. The molecule has 1 aromatic carbocycles. The number of hydrogen-bond acceptors (Lipinski definition) is 6. The maximum Gasteiger partial charge on any atom is 0.410 e. The van der Waals surface area contributed by atoms with E-state index in [0.717, 1.165) is 29.8 Å².